The molecule has 162 valence electrons. The molecule has 1 heterocycles. The third kappa shape index (κ3) is 4.06. The molecule has 2 aromatic rings. The van der Waals surface area contributed by atoms with E-state index in [4.69, 9.17) is 4.74 Å². The molecule has 8 heteroatoms. The van der Waals surface area contributed by atoms with Gasteiger partial charge in [-0.15, -0.1) is 0 Å². The van der Waals surface area contributed by atoms with Crippen LogP contribution in [-0.4, -0.2) is 48.2 Å². The van der Waals surface area contributed by atoms with Gasteiger partial charge in [-0.1, -0.05) is 18.2 Å². The van der Waals surface area contributed by atoms with Gasteiger partial charge in [-0.05, 0) is 58.2 Å². The van der Waals surface area contributed by atoms with Gasteiger partial charge in [-0.25, -0.2) is 13.2 Å². The van der Waals surface area contributed by atoms with Crippen LogP contribution in [0, 0.1) is 13.8 Å². The number of carbonyl (C=O) groups is 2. The van der Waals surface area contributed by atoms with E-state index in [1.807, 2.05) is 6.92 Å². The molecule has 0 radical (unpaired) electrons. The summed E-state index contributed by atoms with van der Waals surface area (Å²) in [4.78, 5) is 25.9. The fourth-order valence-electron chi connectivity index (χ4n) is 3.89. The zero-order valence-corrected chi connectivity index (χ0v) is 18.7. The van der Waals surface area contributed by atoms with Crippen LogP contribution in [0.2, 0.25) is 0 Å². The largest absolute Gasteiger partial charge is 0.461 e. The number of esters is 1. The summed E-state index contributed by atoms with van der Waals surface area (Å²) >= 11 is 0. The Bertz CT molecular complexity index is 1050. The quantitative estimate of drug-likeness (QED) is 0.448. The van der Waals surface area contributed by atoms with Crippen molar-refractivity contribution >= 4 is 21.8 Å². The van der Waals surface area contributed by atoms with Gasteiger partial charge in [0.2, 0.25) is 10.0 Å². The first-order chi connectivity index (χ1) is 14.2. The summed E-state index contributed by atoms with van der Waals surface area (Å²) in [7, 11) is -3.79. The highest BCUT2D eigenvalue weighted by Crippen LogP contribution is 2.33. The zero-order chi connectivity index (χ0) is 22.1. The molecule has 0 amide bonds. The summed E-state index contributed by atoms with van der Waals surface area (Å²) in [6.45, 7) is 7.60. The maximum absolute atomic E-state index is 13.3. The number of ketones is 1. The minimum Gasteiger partial charge on any atom is -0.461 e. The Morgan fingerprint density at radius 1 is 1.13 bits per heavy atom. The van der Waals surface area contributed by atoms with Gasteiger partial charge in [0.15, 0.2) is 5.78 Å². The SMILES string of the molecule is CCOC(=O)c1c(C)c(C(=O)CN(C2CC2)S(=O)(=O)c2ccccc2)c(C)n1CC. The third-order valence-corrected chi connectivity index (χ3v) is 7.35. The Hall–Kier alpha value is -2.45. The van der Waals surface area contributed by atoms with E-state index < -0.39 is 16.0 Å². The van der Waals surface area contributed by atoms with Gasteiger partial charge in [-0.2, -0.15) is 4.31 Å². The van der Waals surface area contributed by atoms with Crippen LogP contribution in [0.25, 0.3) is 0 Å². The number of sulfonamides is 1. The van der Waals surface area contributed by atoms with Crippen molar-refractivity contribution in [2.24, 2.45) is 0 Å². The molecule has 1 aliphatic rings. The van der Waals surface area contributed by atoms with Gasteiger partial charge in [-0.3, -0.25) is 4.79 Å². The highest BCUT2D eigenvalue weighted by molar-refractivity contribution is 7.89. The molecule has 1 fully saturated rings. The summed E-state index contributed by atoms with van der Waals surface area (Å²) in [5.74, 6) is -0.788. The maximum atomic E-state index is 13.3. The molecule has 0 atom stereocenters. The Labute approximate surface area is 177 Å². The predicted octanol–water partition coefficient (Wildman–Crippen LogP) is 3.34. The van der Waals surface area contributed by atoms with Crippen LogP contribution in [0.3, 0.4) is 0 Å². The molecule has 1 saturated carbocycles. The van der Waals surface area contributed by atoms with E-state index in [0.717, 1.165) is 12.8 Å². The van der Waals surface area contributed by atoms with E-state index in [1.165, 1.54) is 16.4 Å². The van der Waals surface area contributed by atoms with Crippen LogP contribution in [0.1, 0.15) is 58.8 Å². The summed E-state index contributed by atoms with van der Waals surface area (Å²) in [5.41, 5.74) is 1.93. The minimum atomic E-state index is -3.79. The number of rotatable bonds is 9. The molecule has 3 rings (SSSR count). The lowest BCUT2D eigenvalue weighted by Crippen LogP contribution is -2.37. The Kier molecular flexibility index (Phi) is 6.47. The number of Topliss-reactive ketones (excluding diaryl/α,β-unsaturated/α-hetero) is 1. The number of benzene rings is 1. The van der Waals surface area contributed by atoms with Gasteiger partial charge < -0.3 is 9.30 Å². The molecule has 7 nitrogen and oxygen atoms in total. The van der Waals surface area contributed by atoms with E-state index in [2.05, 4.69) is 0 Å². The fourth-order valence-corrected chi connectivity index (χ4v) is 5.55. The standard InChI is InChI=1S/C22H28N2O5S/c1-5-23-16(4)20(15(3)21(23)22(26)29-6-2)19(25)14-24(17-12-13-17)30(27,28)18-10-8-7-9-11-18/h7-11,17H,5-6,12-14H2,1-4H3. The summed E-state index contributed by atoms with van der Waals surface area (Å²) < 4.78 is 34.6. The number of hydrogen-bond acceptors (Lipinski definition) is 5. The molecule has 30 heavy (non-hydrogen) atoms. The number of aromatic nitrogens is 1. The fraction of sp³-hybridized carbons (Fsp3) is 0.455. The van der Waals surface area contributed by atoms with Crippen molar-refractivity contribution in [3.63, 3.8) is 0 Å². The van der Waals surface area contributed by atoms with Gasteiger partial charge in [0.25, 0.3) is 0 Å². The average molecular weight is 433 g/mol. The highest BCUT2D eigenvalue weighted by Gasteiger charge is 2.40. The second-order valence-electron chi connectivity index (χ2n) is 7.42. The predicted molar refractivity (Wildman–Crippen MR) is 113 cm³/mol. The Balaban J connectivity index is 1.97. The molecule has 0 aliphatic heterocycles. The van der Waals surface area contributed by atoms with Crippen LogP contribution in [-0.2, 0) is 21.3 Å². The summed E-state index contributed by atoms with van der Waals surface area (Å²) in [6.07, 6.45) is 1.47. The molecule has 0 bridgehead atoms. The Morgan fingerprint density at radius 3 is 2.30 bits per heavy atom. The van der Waals surface area contributed by atoms with Gasteiger partial charge >= 0.3 is 5.97 Å². The first-order valence-electron chi connectivity index (χ1n) is 10.2. The molecule has 1 aliphatic carbocycles. The van der Waals surface area contributed by atoms with Crippen molar-refractivity contribution in [2.45, 2.75) is 58.0 Å². The second kappa shape index (κ2) is 8.73. The van der Waals surface area contributed by atoms with Gasteiger partial charge in [0.1, 0.15) is 5.69 Å². The van der Waals surface area contributed by atoms with Crippen molar-refractivity contribution in [3.05, 3.63) is 52.8 Å². The van der Waals surface area contributed by atoms with Crippen molar-refractivity contribution in [1.29, 1.82) is 0 Å². The lowest BCUT2D eigenvalue weighted by Gasteiger charge is -2.21. The van der Waals surface area contributed by atoms with Crippen LogP contribution >= 0.6 is 0 Å². The van der Waals surface area contributed by atoms with Crippen LogP contribution in [0.4, 0.5) is 0 Å². The number of nitrogens with zero attached hydrogens (tertiary/aromatic N) is 2. The van der Waals surface area contributed by atoms with Crippen molar-refractivity contribution in [3.8, 4) is 0 Å². The minimum absolute atomic E-state index is 0.169. The summed E-state index contributed by atoms with van der Waals surface area (Å²) in [5, 5.41) is 0. The third-order valence-electron chi connectivity index (χ3n) is 5.43. The molecular formula is C22H28N2O5S. The Morgan fingerprint density at radius 2 is 1.77 bits per heavy atom. The number of carbonyl (C=O) groups excluding carboxylic acids is 2. The maximum Gasteiger partial charge on any atom is 0.355 e. The summed E-state index contributed by atoms with van der Waals surface area (Å²) in [6, 6.07) is 8.00. The van der Waals surface area contributed by atoms with Gasteiger partial charge in [0.05, 0.1) is 18.0 Å². The molecule has 0 saturated heterocycles. The topological polar surface area (TPSA) is 85.7 Å². The average Bonchev–Trinajstić information content (AvgIpc) is 3.51. The van der Waals surface area contributed by atoms with E-state index in [9.17, 15) is 18.0 Å². The van der Waals surface area contributed by atoms with Crippen LogP contribution in [0.15, 0.2) is 35.2 Å². The zero-order valence-electron chi connectivity index (χ0n) is 17.8. The second-order valence-corrected chi connectivity index (χ2v) is 9.31. The molecular weight excluding hydrogens is 404 g/mol. The molecule has 0 unspecified atom stereocenters. The first-order valence-corrected chi connectivity index (χ1v) is 11.6. The molecule has 1 aromatic heterocycles. The van der Waals surface area contributed by atoms with E-state index in [-0.39, 0.29) is 29.9 Å². The normalized spacial score (nSPS) is 14.2. The van der Waals surface area contributed by atoms with E-state index in [1.54, 1.807) is 43.5 Å². The number of ether oxygens (including phenoxy) is 1. The lowest BCUT2D eigenvalue weighted by molar-refractivity contribution is 0.0512. The monoisotopic (exact) mass is 432 g/mol. The molecule has 0 spiro atoms. The van der Waals surface area contributed by atoms with Crippen molar-refractivity contribution in [2.75, 3.05) is 13.2 Å². The van der Waals surface area contributed by atoms with E-state index in [0.29, 0.717) is 29.1 Å². The van der Waals surface area contributed by atoms with Gasteiger partial charge in [0, 0.05) is 23.8 Å². The first kappa shape index (κ1) is 22.2. The van der Waals surface area contributed by atoms with Crippen molar-refractivity contribution in [1.82, 2.24) is 8.87 Å². The molecule has 0 N–H and O–H groups in total. The van der Waals surface area contributed by atoms with Crippen LogP contribution < -0.4 is 0 Å². The van der Waals surface area contributed by atoms with E-state index >= 15 is 0 Å². The van der Waals surface area contributed by atoms with Crippen molar-refractivity contribution < 1.29 is 22.7 Å². The molecule has 1 aromatic carbocycles. The van der Waals surface area contributed by atoms with Crippen LogP contribution in [0.5, 0.6) is 0 Å². The highest BCUT2D eigenvalue weighted by atomic mass is 32.2. The lowest BCUT2D eigenvalue weighted by atomic mass is 10.1. The number of hydrogen-bond donors (Lipinski definition) is 0. The smallest absolute Gasteiger partial charge is 0.355 e.